The average molecular weight is 390 g/mol. The molecule has 1 saturated heterocycles. The quantitative estimate of drug-likeness (QED) is 0.421. The maximum atomic E-state index is 10.9. The number of fused-ring (bicyclic) bond motifs is 3. The zero-order valence-electron chi connectivity index (χ0n) is 16.3. The van der Waals surface area contributed by atoms with E-state index in [0.717, 1.165) is 35.6 Å². The number of quaternary nitrogens is 1. The van der Waals surface area contributed by atoms with Crippen LogP contribution >= 0.6 is 0 Å². The largest absolute Gasteiger partial charge is 0.333 e. The van der Waals surface area contributed by atoms with Crippen LogP contribution in [0.4, 0.5) is 5.69 Å². The number of para-hydroxylation sites is 2. The number of nitro groups is 1. The molecule has 0 amide bonds. The number of likely N-dealkylation sites (tertiary alicyclic amines) is 1. The van der Waals surface area contributed by atoms with Gasteiger partial charge in [-0.05, 0) is 43.5 Å². The van der Waals surface area contributed by atoms with Gasteiger partial charge in [0.15, 0.2) is 0 Å². The minimum atomic E-state index is -0.377. The van der Waals surface area contributed by atoms with Crippen molar-refractivity contribution in [1.82, 2.24) is 14.0 Å². The summed E-state index contributed by atoms with van der Waals surface area (Å²) in [7, 11) is 0. The van der Waals surface area contributed by atoms with Gasteiger partial charge < -0.3 is 9.47 Å². The van der Waals surface area contributed by atoms with E-state index in [1.54, 1.807) is 17.0 Å². The lowest BCUT2D eigenvalue weighted by atomic mass is 10.1. The second-order valence-corrected chi connectivity index (χ2v) is 7.80. The van der Waals surface area contributed by atoms with Crippen LogP contribution in [0.15, 0.2) is 54.7 Å². The summed E-state index contributed by atoms with van der Waals surface area (Å²) in [5, 5.41) is 10.9. The maximum absolute atomic E-state index is 10.9. The maximum Gasteiger partial charge on any atom is 0.269 e. The van der Waals surface area contributed by atoms with Crippen molar-refractivity contribution in [3.8, 4) is 11.3 Å². The van der Waals surface area contributed by atoms with Crippen LogP contribution in [-0.2, 0) is 6.54 Å². The number of hydrogen-bond acceptors (Lipinski definition) is 3. The number of hydrogen-bond donors (Lipinski definition) is 1. The minimum Gasteiger partial charge on any atom is -0.333 e. The Kier molecular flexibility index (Phi) is 4.52. The predicted molar refractivity (Wildman–Crippen MR) is 112 cm³/mol. The topological polar surface area (TPSA) is 69.8 Å². The summed E-state index contributed by atoms with van der Waals surface area (Å²) in [4.78, 5) is 17.1. The fourth-order valence-electron chi connectivity index (χ4n) is 4.43. The lowest BCUT2D eigenvalue weighted by Crippen LogP contribution is -3.13. The minimum absolute atomic E-state index is 0.0944. The van der Waals surface area contributed by atoms with Gasteiger partial charge in [-0.25, -0.2) is 4.98 Å². The first-order valence-corrected chi connectivity index (χ1v) is 10.3. The molecule has 1 aliphatic rings. The Hall–Kier alpha value is -3.19. The van der Waals surface area contributed by atoms with Gasteiger partial charge in [-0.1, -0.05) is 12.1 Å². The average Bonchev–Trinajstić information content (AvgIpc) is 3.31. The Morgan fingerprint density at radius 3 is 2.45 bits per heavy atom. The van der Waals surface area contributed by atoms with E-state index in [2.05, 4.69) is 27.2 Å². The lowest BCUT2D eigenvalue weighted by Gasteiger charge is -2.23. The fourth-order valence-corrected chi connectivity index (χ4v) is 4.43. The highest BCUT2D eigenvalue weighted by Gasteiger charge is 2.18. The smallest absolute Gasteiger partial charge is 0.269 e. The molecule has 0 spiro atoms. The highest BCUT2D eigenvalue weighted by Crippen LogP contribution is 2.26. The first-order valence-electron chi connectivity index (χ1n) is 10.3. The van der Waals surface area contributed by atoms with E-state index in [4.69, 9.17) is 4.98 Å². The molecule has 7 heteroatoms. The number of non-ortho nitro benzene ring substituents is 1. The van der Waals surface area contributed by atoms with E-state index in [0.29, 0.717) is 0 Å². The number of nitro benzene ring substituents is 1. The Labute approximate surface area is 168 Å². The Balaban J connectivity index is 1.53. The molecule has 5 rings (SSSR count). The number of aromatic nitrogens is 3. The van der Waals surface area contributed by atoms with Crippen LogP contribution in [0.1, 0.15) is 19.3 Å². The Morgan fingerprint density at radius 2 is 1.72 bits per heavy atom. The monoisotopic (exact) mass is 390 g/mol. The standard InChI is InChI=1S/C22H23N5O2/c28-27(29)18-10-8-17(9-11-18)19-16-26-21-7-3-2-6-20(21)25(22(26)23-19)15-14-24-12-4-1-5-13-24/h2-3,6-11,16H,1,4-5,12-15H2/p+1. The van der Waals surface area contributed by atoms with E-state index < -0.39 is 0 Å². The van der Waals surface area contributed by atoms with Crippen LogP contribution in [0.3, 0.4) is 0 Å². The predicted octanol–water partition coefficient (Wildman–Crippen LogP) is 2.93. The van der Waals surface area contributed by atoms with Gasteiger partial charge in [0, 0.05) is 23.9 Å². The molecule has 0 atom stereocenters. The molecule has 3 heterocycles. The van der Waals surface area contributed by atoms with Crippen LogP contribution < -0.4 is 4.90 Å². The molecule has 0 radical (unpaired) electrons. The molecule has 4 aromatic rings. The van der Waals surface area contributed by atoms with Crippen molar-refractivity contribution >= 4 is 22.5 Å². The van der Waals surface area contributed by atoms with Crippen LogP contribution in [-0.4, -0.2) is 38.5 Å². The summed E-state index contributed by atoms with van der Waals surface area (Å²) in [5.74, 6) is 0.927. The normalized spacial score (nSPS) is 15.3. The van der Waals surface area contributed by atoms with E-state index in [9.17, 15) is 10.1 Å². The fraction of sp³-hybridized carbons (Fsp3) is 0.318. The van der Waals surface area contributed by atoms with Crippen molar-refractivity contribution in [3.63, 3.8) is 0 Å². The summed E-state index contributed by atoms with van der Waals surface area (Å²) < 4.78 is 4.45. The van der Waals surface area contributed by atoms with Crippen molar-refractivity contribution in [3.05, 3.63) is 64.8 Å². The molecule has 1 fully saturated rings. The summed E-state index contributed by atoms with van der Waals surface area (Å²) >= 11 is 0. The molecular formula is C22H24N5O2+. The Bertz CT molecular complexity index is 1170. The van der Waals surface area contributed by atoms with Crippen molar-refractivity contribution in [2.45, 2.75) is 25.8 Å². The highest BCUT2D eigenvalue weighted by molar-refractivity contribution is 5.82. The molecule has 7 nitrogen and oxygen atoms in total. The lowest BCUT2D eigenvalue weighted by molar-refractivity contribution is -0.905. The van der Waals surface area contributed by atoms with E-state index in [1.807, 2.05) is 12.3 Å². The first kappa shape index (κ1) is 17.9. The third-order valence-corrected chi connectivity index (χ3v) is 5.98. The van der Waals surface area contributed by atoms with E-state index in [1.165, 1.54) is 50.0 Å². The van der Waals surface area contributed by atoms with Crippen molar-refractivity contribution < 1.29 is 9.82 Å². The third kappa shape index (κ3) is 3.27. The number of piperidine rings is 1. The molecule has 1 aliphatic heterocycles. The van der Waals surface area contributed by atoms with Crippen LogP contribution in [0.2, 0.25) is 0 Å². The van der Waals surface area contributed by atoms with Gasteiger partial charge in [-0.15, -0.1) is 0 Å². The second-order valence-electron chi connectivity index (χ2n) is 7.80. The van der Waals surface area contributed by atoms with Gasteiger partial charge in [0.1, 0.15) is 0 Å². The van der Waals surface area contributed by atoms with E-state index in [-0.39, 0.29) is 10.6 Å². The third-order valence-electron chi connectivity index (χ3n) is 5.98. The number of benzene rings is 2. The van der Waals surface area contributed by atoms with Crippen LogP contribution in [0.5, 0.6) is 0 Å². The van der Waals surface area contributed by atoms with Gasteiger partial charge in [0.2, 0.25) is 5.78 Å². The van der Waals surface area contributed by atoms with Gasteiger partial charge in [0.05, 0.1) is 47.8 Å². The summed E-state index contributed by atoms with van der Waals surface area (Å²) in [6.07, 6.45) is 6.04. The number of rotatable bonds is 5. The molecule has 2 aromatic carbocycles. The van der Waals surface area contributed by atoms with E-state index >= 15 is 0 Å². The number of nitrogens with zero attached hydrogens (tertiary/aromatic N) is 4. The van der Waals surface area contributed by atoms with Crippen LogP contribution in [0.25, 0.3) is 28.1 Å². The molecular weight excluding hydrogens is 366 g/mol. The molecule has 0 unspecified atom stereocenters. The van der Waals surface area contributed by atoms with Crippen molar-refractivity contribution in [2.75, 3.05) is 19.6 Å². The zero-order chi connectivity index (χ0) is 19.8. The van der Waals surface area contributed by atoms with Gasteiger partial charge in [-0.3, -0.25) is 14.5 Å². The number of imidazole rings is 2. The SMILES string of the molecule is O=[N+]([O-])c1ccc(-c2cn3c4ccccc4n(CC[NH+]4CCCCC4)c3n2)cc1. The van der Waals surface area contributed by atoms with Crippen molar-refractivity contribution in [2.24, 2.45) is 0 Å². The molecule has 2 aromatic heterocycles. The molecule has 0 bridgehead atoms. The molecule has 1 N–H and O–H groups in total. The second kappa shape index (κ2) is 7.33. The summed E-state index contributed by atoms with van der Waals surface area (Å²) in [6, 6.07) is 15.0. The summed E-state index contributed by atoms with van der Waals surface area (Å²) in [5.41, 5.74) is 4.15. The molecule has 0 aliphatic carbocycles. The molecule has 0 saturated carbocycles. The number of nitrogens with one attached hydrogen (secondary N) is 1. The van der Waals surface area contributed by atoms with Gasteiger partial charge >= 0.3 is 0 Å². The Morgan fingerprint density at radius 1 is 1.00 bits per heavy atom. The summed E-state index contributed by atoms with van der Waals surface area (Å²) in [6.45, 7) is 4.56. The zero-order valence-corrected chi connectivity index (χ0v) is 16.3. The van der Waals surface area contributed by atoms with Gasteiger partial charge in [0.25, 0.3) is 5.69 Å². The highest BCUT2D eigenvalue weighted by atomic mass is 16.6. The molecule has 148 valence electrons. The first-order chi connectivity index (χ1) is 14.2. The van der Waals surface area contributed by atoms with Crippen molar-refractivity contribution in [1.29, 1.82) is 0 Å². The van der Waals surface area contributed by atoms with Crippen LogP contribution in [0, 0.1) is 10.1 Å². The van der Waals surface area contributed by atoms with Gasteiger partial charge in [-0.2, -0.15) is 0 Å². The molecule has 29 heavy (non-hydrogen) atoms.